The van der Waals surface area contributed by atoms with Gasteiger partial charge in [0.2, 0.25) is 5.91 Å². The number of aryl methyl sites for hydroxylation is 1. The molecule has 6 heteroatoms. The van der Waals surface area contributed by atoms with E-state index < -0.39 is 0 Å². The standard InChI is InChI=1S/C22H17N5O/c1-13-24-18-10-11-23-21(22(18)25-13)15-8-6-14(7-9-15)19-12-20(28)27-17-5-3-2-4-16(17)26-19/h2-11H,12H2,1H3,(H,24,25)(H,27,28). The Hall–Kier alpha value is -3.80. The van der Waals surface area contributed by atoms with E-state index in [0.717, 1.165) is 50.8 Å². The molecule has 2 N–H and O–H groups in total. The number of benzene rings is 2. The molecule has 1 aliphatic rings. The van der Waals surface area contributed by atoms with Crippen LogP contribution in [0.15, 0.2) is 65.8 Å². The number of aromatic nitrogens is 3. The largest absolute Gasteiger partial charge is 0.342 e. The highest BCUT2D eigenvalue weighted by Crippen LogP contribution is 2.30. The molecule has 2 aromatic carbocycles. The van der Waals surface area contributed by atoms with E-state index in [1.807, 2.05) is 61.5 Å². The summed E-state index contributed by atoms with van der Waals surface area (Å²) in [5.74, 6) is 0.796. The number of anilines is 1. The lowest BCUT2D eigenvalue weighted by molar-refractivity contribution is -0.115. The Morgan fingerprint density at radius 1 is 0.964 bits per heavy atom. The van der Waals surface area contributed by atoms with Crippen molar-refractivity contribution in [3.8, 4) is 11.3 Å². The fourth-order valence-electron chi connectivity index (χ4n) is 3.47. The van der Waals surface area contributed by atoms with Crippen molar-refractivity contribution < 1.29 is 4.79 Å². The molecule has 0 saturated heterocycles. The van der Waals surface area contributed by atoms with Crippen molar-refractivity contribution in [2.75, 3.05) is 5.32 Å². The number of nitrogens with zero attached hydrogens (tertiary/aromatic N) is 3. The molecule has 5 rings (SSSR count). The summed E-state index contributed by atoms with van der Waals surface area (Å²) < 4.78 is 0. The summed E-state index contributed by atoms with van der Waals surface area (Å²) in [7, 11) is 0. The summed E-state index contributed by atoms with van der Waals surface area (Å²) in [5, 5.41) is 2.91. The summed E-state index contributed by atoms with van der Waals surface area (Å²) in [4.78, 5) is 29.3. The third kappa shape index (κ3) is 2.85. The highest BCUT2D eigenvalue weighted by Gasteiger charge is 2.17. The first-order valence-electron chi connectivity index (χ1n) is 9.06. The number of carbonyl (C=O) groups excluding carboxylic acids is 1. The Bertz CT molecular complexity index is 1240. The van der Waals surface area contributed by atoms with Gasteiger partial charge in [-0.05, 0) is 30.7 Å². The van der Waals surface area contributed by atoms with Crippen LogP contribution in [0.4, 0.5) is 11.4 Å². The van der Waals surface area contributed by atoms with E-state index in [4.69, 9.17) is 4.99 Å². The number of H-pyrrole nitrogens is 1. The fourth-order valence-corrected chi connectivity index (χ4v) is 3.47. The van der Waals surface area contributed by atoms with E-state index in [9.17, 15) is 4.79 Å². The molecule has 4 aromatic rings. The maximum absolute atomic E-state index is 12.3. The van der Waals surface area contributed by atoms with Crippen LogP contribution in [0.1, 0.15) is 17.8 Å². The first-order valence-corrected chi connectivity index (χ1v) is 9.06. The molecule has 28 heavy (non-hydrogen) atoms. The highest BCUT2D eigenvalue weighted by atomic mass is 16.1. The summed E-state index contributed by atoms with van der Waals surface area (Å²) in [5.41, 5.74) is 6.80. The van der Waals surface area contributed by atoms with E-state index in [0.29, 0.717) is 0 Å². The van der Waals surface area contributed by atoms with Crippen molar-refractivity contribution in [3.05, 3.63) is 72.2 Å². The average molecular weight is 367 g/mol. The third-order valence-corrected chi connectivity index (χ3v) is 4.77. The van der Waals surface area contributed by atoms with Gasteiger partial charge in [0.15, 0.2) is 0 Å². The molecule has 6 nitrogen and oxygen atoms in total. The van der Waals surface area contributed by atoms with Crippen LogP contribution in [0.2, 0.25) is 0 Å². The quantitative estimate of drug-likeness (QED) is 0.551. The predicted octanol–water partition coefficient (Wildman–Crippen LogP) is 4.40. The Kier molecular flexibility index (Phi) is 3.76. The number of imidazole rings is 1. The molecule has 0 bridgehead atoms. The normalized spacial score (nSPS) is 13.6. The van der Waals surface area contributed by atoms with Crippen molar-refractivity contribution in [2.45, 2.75) is 13.3 Å². The number of hydrogen-bond donors (Lipinski definition) is 2. The Morgan fingerprint density at radius 2 is 1.75 bits per heavy atom. The Labute approximate surface area is 161 Å². The number of rotatable bonds is 2. The zero-order chi connectivity index (χ0) is 19.1. The van der Waals surface area contributed by atoms with Crippen LogP contribution in [0.5, 0.6) is 0 Å². The lowest BCUT2D eigenvalue weighted by Crippen LogP contribution is -2.14. The number of pyridine rings is 1. The van der Waals surface area contributed by atoms with Crippen molar-refractivity contribution in [1.82, 2.24) is 15.0 Å². The molecule has 3 heterocycles. The molecule has 0 saturated carbocycles. The van der Waals surface area contributed by atoms with Crippen molar-refractivity contribution in [3.63, 3.8) is 0 Å². The molecule has 0 fully saturated rings. The second-order valence-electron chi connectivity index (χ2n) is 6.76. The molecular weight excluding hydrogens is 350 g/mol. The molecule has 0 spiro atoms. The maximum atomic E-state index is 12.3. The van der Waals surface area contributed by atoms with Crippen LogP contribution >= 0.6 is 0 Å². The van der Waals surface area contributed by atoms with Crippen LogP contribution in [0.25, 0.3) is 22.3 Å². The van der Waals surface area contributed by atoms with Crippen LogP contribution in [0, 0.1) is 6.92 Å². The van der Waals surface area contributed by atoms with Crippen LogP contribution in [-0.2, 0) is 4.79 Å². The van der Waals surface area contributed by atoms with E-state index in [1.54, 1.807) is 6.20 Å². The monoisotopic (exact) mass is 367 g/mol. The van der Waals surface area contributed by atoms with Gasteiger partial charge >= 0.3 is 0 Å². The van der Waals surface area contributed by atoms with Gasteiger partial charge in [-0.15, -0.1) is 0 Å². The molecule has 2 aromatic heterocycles. The second kappa shape index (κ2) is 6.42. The number of amides is 1. The molecular formula is C22H17N5O. The SMILES string of the molecule is Cc1nc2c(-c3ccc(C4=Nc5ccccc5NC(=O)C4)cc3)nccc2[nH]1. The predicted molar refractivity (Wildman–Crippen MR) is 110 cm³/mol. The van der Waals surface area contributed by atoms with Crippen molar-refractivity contribution in [1.29, 1.82) is 0 Å². The summed E-state index contributed by atoms with van der Waals surface area (Å²) >= 11 is 0. The molecule has 1 aliphatic heterocycles. The fraction of sp³-hybridized carbons (Fsp3) is 0.0909. The zero-order valence-electron chi connectivity index (χ0n) is 15.2. The minimum absolute atomic E-state index is 0.0637. The Balaban J connectivity index is 1.55. The van der Waals surface area contributed by atoms with E-state index in [1.165, 1.54) is 0 Å². The van der Waals surface area contributed by atoms with Crippen molar-refractivity contribution >= 4 is 34.0 Å². The molecule has 0 radical (unpaired) electrons. The molecule has 0 atom stereocenters. The van der Waals surface area contributed by atoms with Gasteiger partial charge in [-0.1, -0.05) is 36.4 Å². The smallest absolute Gasteiger partial charge is 0.230 e. The number of fused-ring (bicyclic) bond motifs is 2. The molecule has 0 unspecified atom stereocenters. The summed E-state index contributed by atoms with van der Waals surface area (Å²) in [6, 6.07) is 17.4. The topological polar surface area (TPSA) is 83.0 Å². The van der Waals surface area contributed by atoms with Crippen molar-refractivity contribution in [2.24, 2.45) is 4.99 Å². The van der Waals surface area contributed by atoms with Gasteiger partial charge in [-0.2, -0.15) is 0 Å². The maximum Gasteiger partial charge on any atom is 0.230 e. The third-order valence-electron chi connectivity index (χ3n) is 4.77. The first kappa shape index (κ1) is 16.4. The summed E-state index contributed by atoms with van der Waals surface area (Å²) in [6.45, 7) is 1.93. The zero-order valence-corrected chi connectivity index (χ0v) is 15.2. The number of hydrogen-bond acceptors (Lipinski definition) is 4. The minimum Gasteiger partial charge on any atom is -0.342 e. The summed E-state index contributed by atoms with van der Waals surface area (Å²) in [6.07, 6.45) is 2.01. The van der Waals surface area contributed by atoms with Gasteiger partial charge in [0, 0.05) is 11.8 Å². The van der Waals surface area contributed by atoms with Gasteiger partial charge in [0.25, 0.3) is 0 Å². The van der Waals surface area contributed by atoms with E-state index in [2.05, 4.69) is 20.3 Å². The van der Waals surface area contributed by atoms with E-state index in [-0.39, 0.29) is 12.3 Å². The number of nitrogens with one attached hydrogen (secondary N) is 2. The van der Waals surface area contributed by atoms with Crippen LogP contribution in [-0.4, -0.2) is 26.6 Å². The number of aliphatic imine (C=N–C) groups is 1. The van der Waals surface area contributed by atoms with Gasteiger partial charge in [0.05, 0.1) is 34.7 Å². The molecule has 136 valence electrons. The second-order valence-corrected chi connectivity index (χ2v) is 6.76. The van der Waals surface area contributed by atoms with Gasteiger partial charge in [0.1, 0.15) is 11.3 Å². The first-order chi connectivity index (χ1) is 13.7. The number of para-hydroxylation sites is 2. The molecule has 1 amide bonds. The lowest BCUT2D eigenvalue weighted by Gasteiger charge is -2.06. The van der Waals surface area contributed by atoms with Gasteiger partial charge in [-0.25, -0.2) is 4.98 Å². The molecule has 0 aliphatic carbocycles. The van der Waals surface area contributed by atoms with Gasteiger partial charge < -0.3 is 10.3 Å². The average Bonchev–Trinajstić information content (AvgIpc) is 3.00. The minimum atomic E-state index is -0.0637. The number of aromatic amines is 1. The van der Waals surface area contributed by atoms with Crippen LogP contribution in [0.3, 0.4) is 0 Å². The lowest BCUT2D eigenvalue weighted by atomic mass is 10.0. The Morgan fingerprint density at radius 3 is 2.61 bits per heavy atom. The number of carbonyl (C=O) groups is 1. The highest BCUT2D eigenvalue weighted by molar-refractivity contribution is 6.17. The van der Waals surface area contributed by atoms with E-state index >= 15 is 0 Å². The van der Waals surface area contributed by atoms with Gasteiger partial charge in [-0.3, -0.25) is 14.8 Å². The van der Waals surface area contributed by atoms with Crippen LogP contribution < -0.4 is 5.32 Å².